The van der Waals surface area contributed by atoms with Crippen molar-refractivity contribution in [1.29, 1.82) is 0 Å². The van der Waals surface area contributed by atoms with Crippen molar-refractivity contribution in [2.75, 3.05) is 0 Å². The quantitative estimate of drug-likeness (QED) is 0.902. The van der Waals surface area contributed by atoms with Crippen LogP contribution in [-0.4, -0.2) is 15.6 Å². The highest BCUT2D eigenvalue weighted by Gasteiger charge is 2.16. The molecule has 0 saturated heterocycles. The maximum Gasteiger partial charge on any atom is 0.304 e. The third-order valence-corrected chi connectivity index (χ3v) is 3.20. The first kappa shape index (κ1) is 12.6. The van der Waals surface area contributed by atoms with Crippen LogP contribution in [0.4, 0.5) is 4.39 Å². The van der Waals surface area contributed by atoms with Crippen molar-refractivity contribution in [3.63, 3.8) is 0 Å². The second-order valence-electron chi connectivity index (χ2n) is 4.52. The van der Waals surface area contributed by atoms with Gasteiger partial charge in [-0.2, -0.15) is 0 Å². The lowest BCUT2D eigenvalue weighted by atomic mass is 10.0. The number of carboxylic acid groups (broad SMARTS) is 1. The molecule has 1 unspecified atom stereocenters. The molecule has 1 atom stereocenters. The minimum absolute atomic E-state index is 0.0821. The molecule has 0 aliphatic carbocycles. The monoisotopic (exact) mass is 249 g/mol. The Morgan fingerprint density at radius 1 is 1.44 bits per heavy atom. The van der Waals surface area contributed by atoms with Crippen LogP contribution >= 0.6 is 0 Å². The van der Waals surface area contributed by atoms with Crippen LogP contribution < -0.4 is 0 Å². The molecular weight excluding hydrogens is 233 g/mol. The van der Waals surface area contributed by atoms with Crippen LogP contribution in [0, 0.1) is 5.82 Å². The van der Waals surface area contributed by atoms with E-state index in [2.05, 4.69) is 0 Å². The number of carbonyl (C=O) groups is 1. The van der Waals surface area contributed by atoms with Gasteiger partial charge in [0.05, 0.1) is 6.42 Å². The van der Waals surface area contributed by atoms with Gasteiger partial charge in [-0.3, -0.25) is 4.79 Å². The molecule has 1 aromatic heterocycles. The predicted octanol–water partition coefficient (Wildman–Crippen LogP) is 3.38. The van der Waals surface area contributed by atoms with E-state index in [1.54, 1.807) is 6.07 Å². The molecule has 2 rings (SSSR count). The van der Waals surface area contributed by atoms with Crippen molar-refractivity contribution in [2.24, 2.45) is 0 Å². The van der Waals surface area contributed by atoms with Crippen molar-refractivity contribution in [3.8, 4) is 0 Å². The zero-order valence-electron chi connectivity index (χ0n) is 10.5. The molecule has 0 saturated carbocycles. The van der Waals surface area contributed by atoms with Crippen LogP contribution in [-0.2, 0) is 11.3 Å². The Labute approximate surface area is 105 Å². The van der Waals surface area contributed by atoms with Crippen LogP contribution in [0.3, 0.4) is 0 Å². The fourth-order valence-electron chi connectivity index (χ4n) is 2.39. The first-order chi connectivity index (χ1) is 8.52. The highest BCUT2D eigenvalue weighted by atomic mass is 19.1. The van der Waals surface area contributed by atoms with E-state index in [4.69, 9.17) is 5.11 Å². The van der Waals surface area contributed by atoms with Gasteiger partial charge in [-0.25, -0.2) is 4.39 Å². The summed E-state index contributed by atoms with van der Waals surface area (Å²) in [6.07, 6.45) is 0.0821. The summed E-state index contributed by atoms with van der Waals surface area (Å²) in [5.74, 6) is -1.17. The second kappa shape index (κ2) is 4.80. The number of hydrogen-bond donors (Lipinski definition) is 1. The number of hydrogen-bond acceptors (Lipinski definition) is 1. The first-order valence-electron chi connectivity index (χ1n) is 6.03. The number of carboxylic acids is 1. The molecule has 4 heteroatoms. The molecule has 2 aromatic rings. The maximum absolute atomic E-state index is 13.2. The number of fused-ring (bicyclic) bond motifs is 1. The fraction of sp³-hybridized carbons (Fsp3) is 0.357. The summed E-state index contributed by atoms with van der Waals surface area (Å²) in [5, 5.41) is 9.68. The number of nitrogens with zero attached hydrogens (tertiary/aromatic N) is 1. The lowest BCUT2D eigenvalue weighted by Crippen LogP contribution is -2.08. The Kier molecular flexibility index (Phi) is 3.36. The molecule has 0 spiro atoms. The number of aryl methyl sites for hydroxylation is 1. The Hall–Kier alpha value is -1.84. The molecule has 0 aliphatic heterocycles. The first-order valence-corrected chi connectivity index (χ1v) is 6.03. The Balaban J connectivity index is 2.52. The maximum atomic E-state index is 13.2. The van der Waals surface area contributed by atoms with E-state index in [0.29, 0.717) is 0 Å². The van der Waals surface area contributed by atoms with Crippen LogP contribution in [0.15, 0.2) is 24.3 Å². The van der Waals surface area contributed by atoms with Gasteiger partial charge in [-0.15, -0.1) is 0 Å². The molecule has 3 nitrogen and oxygen atoms in total. The number of aliphatic carboxylic acids is 1. The van der Waals surface area contributed by atoms with Crippen molar-refractivity contribution in [2.45, 2.75) is 32.7 Å². The molecule has 1 N–H and O–H groups in total. The van der Waals surface area contributed by atoms with Crippen molar-refractivity contribution in [1.82, 2.24) is 4.57 Å². The minimum Gasteiger partial charge on any atom is -0.481 e. The molecule has 0 fully saturated rings. The van der Waals surface area contributed by atoms with E-state index in [9.17, 15) is 9.18 Å². The van der Waals surface area contributed by atoms with Crippen LogP contribution in [0.25, 0.3) is 10.9 Å². The largest absolute Gasteiger partial charge is 0.481 e. The molecule has 96 valence electrons. The van der Waals surface area contributed by atoms with Gasteiger partial charge in [-0.05, 0) is 31.2 Å². The number of halogens is 1. The third kappa shape index (κ3) is 2.23. The van der Waals surface area contributed by atoms with E-state index in [1.165, 1.54) is 12.1 Å². The SMILES string of the molecule is CCn1c(C(C)CC(=O)O)cc2cc(F)ccc21. The van der Waals surface area contributed by atoms with Gasteiger partial charge in [0.1, 0.15) is 5.82 Å². The highest BCUT2D eigenvalue weighted by molar-refractivity contribution is 5.82. The molecule has 18 heavy (non-hydrogen) atoms. The predicted molar refractivity (Wildman–Crippen MR) is 68.2 cm³/mol. The van der Waals surface area contributed by atoms with Gasteiger partial charge in [0.2, 0.25) is 0 Å². The van der Waals surface area contributed by atoms with E-state index in [1.807, 2.05) is 24.5 Å². The number of rotatable bonds is 4. The molecule has 0 bridgehead atoms. The lowest BCUT2D eigenvalue weighted by Gasteiger charge is -2.13. The minimum atomic E-state index is -0.818. The summed E-state index contributed by atoms with van der Waals surface area (Å²) in [6, 6.07) is 6.54. The van der Waals surface area contributed by atoms with E-state index >= 15 is 0 Å². The van der Waals surface area contributed by atoms with E-state index in [0.717, 1.165) is 23.1 Å². The van der Waals surface area contributed by atoms with Crippen LogP contribution in [0.5, 0.6) is 0 Å². The molecular formula is C14H16FNO2. The zero-order valence-corrected chi connectivity index (χ0v) is 10.5. The van der Waals surface area contributed by atoms with Gasteiger partial charge < -0.3 is 9.67 Å². The standard InChI is InChI=1S/C14H16FNO2/c1-3-16-12-5-4-11(15)7-10(12)8-13(16)9(2)6-14(17)18/h4-5,7-9H,3,6H2,1-2H3,(H,17,18). The van der Waals surface area contributed by atoms with E-state index < -0.39 is 5.97 Å². The lowest BCUT2D eigenvalue weighted by molar-refractivity contribution is -0.137. The van der Waals surface area contributed by atoms with Crippen molar-refractivity contribution >= 4 is 16.9 Å². The molecule has 0 aliphatic rings. The molecule has 0 radical (unpaired) electrons. The smallest absolute Gasteiger partial charge is 0.304 e. The van der Waals surface area contributed by atoms with Crippen molar-refractivity contribution < 1.29 is 14.3 Å². The summed E-state index contributed by atoms with van der Waals surface area (Å²) >= 11 is 0. The Bertz CT molecular complexity index is 589. The van der Waals surface area contributed by atoms with Gasteiger partial charge >= 0.3 is 5.97 Å². The van der Waals surface area contributed by atoms with E-state index in [-0.39, 0.29) is 18.2 Å². The fourth-order valence-corrected chi connectivity index (χ4v) is 2.39. The second-order valence-corrected chi connectivity index (χ2v) is 4.52. The van der Waals surface area contributed by atoms with Crippen molar-refractivity contribution in [3.05, 3.63) is 35.8 Å². The Morgan fingerprint density at radius 2 is 2.17 bits per heavy atom. The van der Waals surface area contributed by atoms with Gasteiger partial charge in [0, 0.05) is 29.1 Å². The number of aromatic nitrogens is 1. The highest BCUT2D eigenvalue weighted by Crippen LogP contribution is 2.28. The summed E-state index contributed by atoms with van der Waals surface area (Å²) in [4.78, 5) is 10.8. The van der Waals surface area contributed by atoms with Gasteiger partial charge in [0.25, 0.3) is 0 Å². The Morgan fingerprint density at radius 3 is 2.78 bits per heavy atom. The molecule has 1 heterocycles. The summed E-state index contributed by atoms with van der Waals surface area (Å²) < 4.78 is 15.2. The van der Waals surface area contributed by atoms with Gasteiger partial charge in [0.15, 0.2) is 0 Å². The zero-order chi connectivity index (χ0) is 13.3. The molecule has 1 aromatic carbocycles. The van der Waals surface area contributed by atoms with Crippen LogP contribution in [0.1, 0.15) is 31.9 Å². The topological polar surface area (TPSA) is 42.2 Å². The summed E-state index contributed by atoms with van der Waals surface area (Å²) in [6.45, 7) is 4.62. The molecule has 0 amide bonds. The number of benzene rings is 1. The van der Waals surface area contributed by atoms with Crippen LogP contribution in [0.2, 0.25) is 0 Å². The average molecular weight is 249 g/mol. The third-order valence-electron chi connectivity index (χ3n) is 3.20. The normalized spacial score (nSPS) is 12.8. The summed E-state index contributed by atoms with van der Waals surface area (Å²) in [5.41, 5.74) is 1.90. The average Bonchev–Trinajstić information content (AvgIpc) is 2.65. The summed E-state index contributed by atoms with van der Waals surface area (Å²) in [7, 11) is 0. The van der Waals surface area contributed by atoms with Gasteiger partial charge in [-0.1, -0.05) is 6.92 Å².